The van der Waals surface area contributed by atoms with Gasteiger partial charge < -0.3 is 4.48 Å². The van der Waals surface area contributed by atoms with Crippen molar-refractivity contribution in [2.75, 3.05) is 27.2 Å². The van der Waals surface area contributed by atoms with Gasteiger partial charge in [-0.2, -0.15) is 0 Å². The summed E-state index contributed by atoms with van der Waals surface area (Å²) in [5.74, 6) is 1.67. The van der Waals surface area contributed by atoms with E-state index in [4.69, 9.17) is 0 Å². The molecule has 0 N–H and O–H groups in total. The van der Waals surface area contributed by atoms with Crippen molar-refractivity contribution in [1.82, 2.24) is 0 Å². The lowest BCUT2D eigenvalue weighted by Crippen LogP contribution is -2.43. The molecule has 0 aliphatic heterocycles. The van der Waals surface area contributed by atoms with Crippen molar-refractivity contribution in [3.63, 3.8) is 0 Å². The molecule has 13 heavy (non-hydrogen) atoms. The molecule has 1 nitrogen and oxygen atoms in total. The van der Waals surface area contributed by atoms with Crippen molar-refractivity contribution < 1.29 is 4.48 Å². The third-order valence-electron chi connectivity index (χ3n) is 2.40. The zero-order valence-corrected chi connectivity index (χ0v) is 10.4. The Hall–Kier alpha value is -0.0400. The van der Waals surface area contributed by atoms with Crippen LogP contribution in [0, 0.1) is 11.8 Å². The van der Waals surface area contributed by atoms with E-state index in [1.165, 1.54) is 30.4 Å². The topological polar surface area (TPSA) is 0 Å². The van der Waals surface area contributed by atoms with Gasteiger partial charge in [-0.1, -0.05) is 27.7 Å². The molecule has 0 spiro atoms. The van der Waals surface area contributed by atoms with Crippen LogP contribution >= 0.6 is 0 Å². The summed E-state index contributed by atoms with van der Waals surface area (Å²) in [6.07, 6.45) is 2.75. The fourth-order valence-electron chi connectivity index (χ4n) is 2.01. The number of nitrogens with zero attached hydrogens (tertiary/aromatic N) is 1. The van der Waals surface area contributed by atoms with Crippen LogP contribution < -0.4 is 0 Å². The van der Waals surface area contributed by atoms with Crippen molar-refractivity contribution in [3.8, 4) is 0 Å². The van der Waals surface area contributed by atoms with E-state index in [-0.39, 0.29) is 0 Å². The lowest BCUT2D eigenvalue weighted by Gasteiger charge is -2.31. The molecule has 0 saturated heterocycles. The minimum atomic E-state index is 0.814. The number of hydrogen-bond donors (Lipinski definition) is 0. The molecule has 0 aliphatic rings. The normalized spacial score (nSPS) is 12.9. The summed E-state index contributed by atoms with van der Waals surface area (Å²) < 4.78 is 1.18. The van der Waals surface area contributed by atoms with E-state index in [0.29, 0.717) is 0 Å². The Bertz CT molecular complexity index is 125. The van der Waals surface area contributed by atoms with Gasteiger partial charge in [0, 0.05) is 5.92 Å². The van der Waals surface area contributed by atoms with Crippen molar-refractivity contribution in [3.05, 3.63) is 0 Å². The lowest BCUT2D eigenvalue weighted by molar-refractivity contribution is -0.893. The van der Waals surface area contributed by atoms with Gasteiger partial charge in [0.25, 0.3) is 0 Å². The second-order valence-corrected chi connectivity index (χ2v) is 5.77. The summed E-state index contributed by atoms with van der Waals surface area (Å²) >= 11 is 0. The van der Waals surface area contributed by atoms with Gasteiger partial charge in [0.1, 0.15) is 0 Å². The number of hydrogen-bond acceptors (Lipinski definition) is 0. The predicted octanol–water partition coefficient (Wildman–Crippen LogP) is 3.16. The molecule has 0 amide bonds. The second-order valence-electron chi connectivity index (χ2n) is 5.77. The minimum Gasteiger partial charge on any atom is -0.328 e. The Morgan fingerprint density at radius 3 is 1.85 bits per heavy atom. The first kappa shape index (κ1) is 13.0. The third kappa shape index (κ3) is 8.29. The molecule has 0 rings (SSSR count). The van der Waals surface area contributed by atoms with Crippen LogP contribution in [-0.4, -0.2) is 31.7 Å². The Balaban J connectivity index is 3.62. The van der Waals surface area contributed by atoms with Crippen LogP contribution in [0.15, 0.2) is 0 Å². The first-order chi connectivity index (χ1) is 5.83. The monoisotopic (exact) mass is 186 g/mol. The zero-order chi connectivity index (χ0) is 10.5. The summed E-state index contributed by atoms with van der Waals surface area (Å²) in [7, 11) is 4.70. The molecule has 0 atom stereocenters. The maximum atomic E-state index is 2.35. The van der Waals surface area contributed by atoms with E-state index in [0.717, 1.165) is 11.8 Å². The van der Waals surface area contributed by atoms with Gasteiger partial charge in [0.15, 0.2) is 0 Å². The summed E-state index contributed by atoms with van der Waals surface area (Å²) in [4.78, 5) is 0. The van der Waals surface area contributed by atoms with Gasteiger partial charge in [-0.25, -0.2) is 0 Å². The smallest absolute Gasteiger partial charge is 0.0805 e. The molecule has 0 aromatic rings. The van der Waals surface area contributed by atoms with Crippen LogP contribution in [-0.2, 0) is 0 Å². The summed E-state index contributed by atoms with van der Waals surface area (Å²) in [5.41, 5.74) is 0. The molecule has 0 bridgehead atoms. The molecule has 0 aromatic carbocycles. The highest BCUT2D eigenvalue weighted by molar-refractivity contribution is 4.47. The fraction of sp³-hybridized carbons (Fsp3) is 1.00. The zero-order valence-electron chi connectivity index (χ0n) is 10.4. The Kier molecular flexibility index (Phi) is 5.62. The molecule has 0 saturated carbocycles. The van der Waals surface area contributed by atoms with Crippen molar-refractivity contribution in [2.45, 2.75) is 40.5 Å². The van der Waals surface area contributed by atoms with Gasteiger partial charge in [-0.15, -0.1) is 0 Å². The van der Waals surface area contributed by atoms with Crippen LogP contribution in [0.2, 0.25) is 0 Å². The van der Waals surface area contributed by atoms with Crippen LogP contribution in [0.3, 0.4) is 0 Å². The van der Waals surface area contributed by atoms with E-state index in [2.05, 4.69) is 41.8 Å². The molecule has 0 heterocycles. The fourth-order valence-corrected chi connectivity index (χ4v) is 2.01. The third-order valence-corrected chi connectivity index (χ3v) is 2.40. The van der Waals surface area contributed by atoms with Crippen LogP contribution in [0.4, 0.5) is 0 Å². The van der Waals surface area contributed by atoms with Crippen LogP contribution in [0.5, 0.6) is 0 Å². The molecule has 0 radical (unpaired) electrons. The first-order valence-corrected chi connectivity index (χ1v) is 5.65. The SMILES string of the molecule is CC(C)CCC[N+](C)(C)CC(C)C. The minimum absolute atomic E-state index is 0.814. The quantitative estimate of drug-likeness (QED) is 0.559. The number of rotatable bonds is 6. The highest BCUT2D eigenvalue weighted by Crippen LogP contribution is 2.10. The van der Waals surface area contributed by atoms with Gasteiger partial charge in [0.05, 0.1) is 27.2 Å². The van der Waals surface area contributed by atoms with Crippen molar-refractivity contribution in [2.24, 2.45) is 11.8 Å². The van der Waals surface area contributed by atoms with E-state index in [9.17, 15) is 0 Å². The van der Waals surface area contributed by atoms with Gasteiger partial charge in [-0.05, 0) is 18.8 Å². The van der Waals surface area contributed by atoms with Gasteiger partial charge in [0.2, 0.25) is 0 Å². The summed E-state index contributed by atoms with van der Waals surface area (Å²) in [6.45, 7) is 11.9. The Morgan fingerprint density at radius 2 is 1.46 bits per heavy atom. The lowest BCUT2D eigenvalue weighted by atomic mass is 10.1. The van der Waals surface area contributed by atoms with Crippen molar-refractivity contribution in [1.29, 1.82) is 0 Å². The van der Waals surface area contributed by atoms with Crippen LogP contribution in [0.25, 0.3) is 0 Å². The van der Waals surface area contributed by atoms with Crippen molar-refractivity contribution >= 4 is 0 Å². The average Bonchev–Trinajstić information content (AvgIpc) is 1.81. The molecule has 0 aromatic heterocycles. The van der Waals surface area contributed by atoms with E-state index >= 15 is 0 Å². The molecular weight excluding hydrogens is 158 g/mol. The largest absolute Gasteiger partial charge is 0.328 e. The average molecular weight is 186 g/mol. The highest BCUT2D eigenvalue weighted by atomic mass is 15.3. The molecule has 1 heteroatoms. The van der Waals surface area contributed by atoms with E-state index < -0.39 is 0 Å². The van der Waals surface area contributed by atoms with Crippen LogP contribution in [0.1, 0.15) is 40.5 Å². The number of quaternary nitrogens is 1. The molecule has 0 fully saturated rings. The summed E-state index contributed by atoms with van der Waals surface area (Å²) in [5, 5.41) is 0. The second kappa shape index (κ2) is 5.64. The Labute approximate surface area is 84.7 Å². The van der Waals surface area contributed by atoms with E-state index in [1.54, 1.807) is 0 Å². The van der Waals surface area contributed by atoms with Gasteiger partial charge in [-0.3, -0.25) is 0 Å². The Morgan fingerprint density at radius 1 is 0.923 bits per heavy atom. The van der Waals surface area contributed by atoms with Gasteiger partial charge >= 0.3 is 0 Å². The molecule has 0 aliphatic carbocycles. The molecular formula is C12H28N+. The standard InChI is InChI=1S/C12H28N/c1-11(2)8-7-9-13(5,6)10-12(3)4/h11-12H,7-10H2,1-6H3/q+1. The maximum Gasteiger partial charge on any atom is 0.0805 e. The maximum absolute atomic E-state index is 2.35. The first-order valence-electron chi connectivity index (χ1n) is 5.65. The predicted molar refractivity (Wildman–Crippen MR) is 60.8 cm³/mol. The summed E-state index contributed by atoms with van der Waals surface area (Å²) in [6, 6.07) is 0. The molecule has 80 valence electrons. The molecule has 0 unspecified atom stereocenters. The highest BCUT2D eigenvalue weighted by Gasteiger charge is 2.16. The van der Waals surface area contributed by atoms with E-state index in [1.807, 2.05) is 0 Å².